The van der Waals surface area contributed by atoms with Crippen molar-refractivity contribution < 1.29 is 5.11 Å². The summed E-state index contributed by atoms with van der Waals surface area (Å²) in [5.74, 6) is 0. The first-order chi connectivity index (χ1) is 7.50. The van der Waals surface area contributed by atoms with Gasteiger partial charge in [0.25, 0.3) is 0 Å². The first-order valence-electron chi connectivity index (χ1n) is 5.37. The van der Waals surface area contributed by atoms with Crippen molar-refractivity contribution in [3.8, 4) is 0 Å². The van der Waals surface area contributed by atoms with Crippen LogP contribution in [0.1, 0.15) is 25.3 Å². The van der Waals surface area contributed by atoms with Crippen LogP contribution in [0.2, 0.25) is 10.0 Å². The molecule has 0 aromatic heterocycles. The molecular weight excluding hydrogens is 245 g/mol. The van der Waals surface area contributed by atoms with E-state index in [0.29, 0.717) is 22.9 Å². The van der Waals surface area contributed by atoms with Crippen molar-refractivity contribution in [1.29, 1.82) is 0 Å². The van der Waals surface area contributed by atoms with E-state index in [4.69, 9.17) is 28.9 Å². The van der Waals surface area contributed by atoms with Crippen LogP contribution in [0.5, 0.6) is 0 Å². The van der Waals surface area contributed by atoms with Gasteiger partial charge in [-0.05, 0) is 24.1 Å². The molecule has 1 aromatic rings. The van der Waals surface area contributed by atoms with E-state index in [-0.39, 0.29) is 6.54 Å². The summed E-state index contributed by atoms with van der Waals surface area (Å²) < 4.78 is 0. The Morgan fingerprint density at radius 2 is 2.00 bits per heavy atom. The lowest BCUT2D eigenvalue weighted by Gasteiger charge is -2.26. The van der Waals surface area contributed by atoms with Gasteiger partial charge in [-0.15, -0.1) is 0 Å². The lowest BCUT2D eigenvalue weighted by atomic mass is 9.90. The summed E-state index contributed by atoms with van der Waals surface area (Å²) in [7, 11) is 0. The number of nitrogens with two attached hydrogens (primary N) is 1. The Bertz CT molecular complexity index is 357. The Morgan fingerprint density at radius 1 is 1.31 bits per heavy atom. The normalized spacial score (nSPS) is 14.8. The van der Waals surface area contributed by atoms with E-state index in [0.717, 1.165) is 12.0 Å². The topological polar surface area (TPSA) is 46.2 Å². The van der Waals surface area contributed by atoms with Gasteiger partial charge in [-0.1, -0.05) is 42.6 Å². The van der Waals surface area contributed by atoms with E-state index >= 15 is 0 Å². The second-order valence-electron chi connectivity index (χ2n) is 4.10. The van der Waals surface area contributed by atoms with Gasteiger partial charge < -0.3 is 10.8 Å². The van der Waals surface area contributed by atoms with Crippen molar-refractivity contribution >= 4 is 23.2 Å². The van der Waals surface area contributed by atoms with Crippen molar-refractivity contribution in [3.05, 3.63) is 33.8 Å². The summed E-state index contributed by atoms with van der Waals surface area (Å²) in [6, 6.07) is 5.38. The SMILES string of the molecule is CCCC(O)(CN)Cc1ccc(Cl)c(Cl)c1. The van der Waals surface area contributed by atoms with Gasteiger partial charge in [0.05, 0.1) is 15.6 Å². The summed E-state index contributed by atoms with van der Waals surface area (Å²) in [5.41, 5.74) is 5.71. The van der Waals surface area contributed by atoms with Gasteiger partial charge in [0.2, 0.25) is 0 Å². The second kappa shape index (κ2) is 5.87. The fourth-order valence-electron chi connectivity index (χ4n) is 1.76. The molecule has 0 aliphatic heterocycles. The van der Waals surface area contributed by atoms with Gasteiger partial charge in [0.15, 0.2) is 0 Å². The first kappa shape index (κ1) is 13.8. The average Bonchev–Trinajstić information content (AvgIpc) is 2.24. The molecule has 1 atom stereocenters. The number of hydrogen-bond acceptors (Lipinski definition) is 2. The standard InChI is InChI=1S/C12H17Cl2NO/c1-2-5-12(16,8-15)7-9-3-4-10(13)11(14)6-9/h3-4,6,16H,2,5,7-8,15H2,1H3. The number of rotatable bonds is 5. The molecule has 90 valence electrons. The van der Waals surface area contributed by atoms with Crippen LogP contribution in [-0.4, -0.2) is 17.3 Å². The van der Waals surface area contributed by atoms with Crippen LogP contribution < -0.4 is 5.73 Å². The minimum atomic E-state index is -0.841. The van der Waals surface area contributed by atoms with Gasteiger partial charge in [-0.2, -0.15) is 0 Å². The Kier molecular flexibility index (Phi) is 5.06. The molecule has 1 rings (SSSR count). The van der Waals surface area contributed by atoms with Gasteiger partial charge in [0.1, 0.15) is 0 Å². The monoisotopic (exact) mass is 261 g/mol. The third-order valence-electron chi connectivity index (χ3n) is 2.61. The van der Waals surface area contributed by atoms with Gasteiger partial charge in [0, 0.05) is 13.0 Å². The minimum absolute atomic E-state index is 0.251. The van der Waals surface area contributed by atoms with E-state index in [1.54, 1.807) is 12.1 Å². The van der Waals surface area contributed by atoms with Crippen molar-refractivity contribution in [2.45, 2.75) is 31.8 Å². The molecule has 3 N–H and O–H groups in total. The van der Waals surface area contributed by atoms with Crippen molar-refractivity contribution in [2.75, 3.05) is 6.54 Å². The molecule has 2 nitrogen and oxygen atoms in total. The number of hydrogen-bond donors (Lipinski definition) is 2. The fraction of sp³-hybridized carbons (Fsp3) is 0.500. The van der Waals surface area contributed by atoms with Crippen LogP contribution in [-0.2, 0) is 6.42 Å². The smallest absolute Gasteiger partial charge is 0.0809 e. The fourth-order valence-corrected chi connectivity index (χ4v) is 2.08. The summed E-state index contributed by atoms with van der Waals surface area (Å²) in [6.45, 7) is 2.27. The predicted octanol–water partition coefficient (Wildman–Crippen LogP) is 3.03. The minimum Gasteiger partial charge on any atom is -0.388 e. The van der Waals surface area contributed by atoms with Crippen LogP contribution in [0.4, 0.5) is 0 Å². The zero-order chi connectivity index (χ0) is 12.2. The van der Waals surface area contributed by atoms with Crippen LogP contribution in [0.3, 0.4) is 0 Å². The molecule has 0 saturated carbocycles. The summed E-state index contributed by atoms with van der Waals surface area (Å²) >= 11 is 11.7. The highest BCUT2D eigenvalue weighted by atomic mass is 35.5. The third-order valence-corrected chi connectivity index (χ3v) is 3.35. The molecule has 0 spiro atoms. The van der Waals surface area contributed by atoms with E-state index in [1.165, 1.54) is 0 Å². The van der Waals surface area contributed by atoms with E-state index in [1.807, 2.05) is 13.0 Å². The van der Waals surface area contributed by atoms with Gasteiger partial charge >= 0.3 is 0 Å². The molecule has 0 heterocycles. The maximum atomic E-state index is 10.2. The van der Waals surface area contributed by atoms with E-state index < -0.39 is 5.60 Å². The summed E-state index contributed by atoms with van der Waals surface area (Å²) in [5, 5.41) is 11.3. The van der Waals surface area contributed by atoms with Crippen LogP contribution in [0.15, 0.2) is 18.2 Å². The van der Waals surface area contributed by atoms with E-state index in [9.17, 15) is 5.11 Å². The quantitative estimate of drug-likeness (QED) is 0.856. The highest BCUT2D eigenvalue weighted by Crippen LogP contribution is 2.25. The van der Waals surface area contributed by atoms with Crippen LogP contribution in [0, 0.1) is 0 Å². The molecule has 0 radical (unpaired) electrons. The Balaban J connectivity index is 2.81. The third kappa shape index (κ3) is 3.63. The van der Waals surface area contributed by atoms with Crippen LogP contribution >= 0.6 is 23.2 Å². The molecule has 0 amide bonds. The first-order valence-corrected chi connectivity index (χ1v) is 6.13. The zero-order valence-electron chi connectivity index (χ0n) is 9.34. The predicted molar refractivity (Wildman–Crippen MR) is 69.1 cm³/mol. The molecule has 1 aromatic carbocycles. The molecule has 0 saturated heterocycles. The van der Waals surface area contributed by atoms with Crippen molar-refractivity contribution in [2.24, 2.45) is 5.73 Å². The Labute approximate surface area is 106 Å². The Hall–Kier alpha value is -0.280. The molecule has 0 aliphatic carbocycles. The second-order valence-corrected chi connectivity index (χ2v) is 4.92. The van der Waals surface area contributed by atoms with Gasteiger partial charge in [-0.25, -0.2) is 0 Å². The molecule has 16 heavy (non-hydrogen) atoms. The van der Waals surface area contributed by atoms with E-state index in [2.05, 4.69) is 0 Å². The maximum absolute atomic E-state index is 10.2. The Morgan fingerprint density at radius 3 is 2.50 bits per heavy atom. The number of benzene rings is 1. The highest BCUT2D eigenvalue weighted by Gasteiger charge is 2.24. The lowest BCUT2D eigenvalue weighted by molar-refractivity contribution is 0.0399. The van der Waals surface area contributed by atoms with Crippen LogP contribution in [0.25, 0.3) is 0 Å². The number of aliphatic hydroxyl groups is 1. The molecule has 0 fully saturated rings. The average molecular weight is 262 g/mol. The zero-order valence-corrected chi connectivity index (χ0v) is 10.9. The molecule has 4 heteroatoms. The summed E-state index contributed by atoms with van der Waals surface area (Å²) in [6.07, 6.45) is 2.09. The molecule has 1 unspecified atom stereocenters. The molecule has 0 aliphatic rings. The largest absolute Gasteiger partial charge is 0.388 e. The van der Waals surface area contributed by atoms with Crippen molar-refractivity contribution in [3.63, 3.8) is 0 Å². The lowest BCUT2D eigenvalue weighted by Crippen LogP contribution is -2.39. The molecular formula is C12H17Cl2NO. The van der Waals surface area contributed by atoms with Crippen molar-refractivity contribution in [1.82, 2.24) is 0 Å². The highest BCUT2D eigenvalue weighted by molar-refractivity contribution is 6.42. The van der Waals surface area contributed by atoms with Gasteiger partial charge in [-0.3, -0.25) is 0 Å². The molecule has 0 bridgehead atoms. The number of halogens is 2. The summed E-state index contributed by atoms with van der Waals surface area (Å²) in [4.78, 5) is 0. The maximum Gasteiger partial charge on any atom is 0.0809 e.